The van der Waals surface area contributed by atoms with Gasteiger partial charge in [-0.05, 0) is 48.1 Å². The molecule has 1 N–H and O–H groups in total. The van der Waals surface area contributed by atoms with Gasteiger partial charge in [0.2, 0.25) is 5.91 Å². The number of carbonyl (C=O) groups is 1. The molecule has 2 aromatic heterocycles. The highest BCUT2D eigenvalue weighted by atomic mass is 32.1. The molecule has 1 aliphatic carbocycles. The first kappa shape index (κ1) is 15.8. The minimum atomic E-state index is 0.0660. The molecule has 2 heterocycles. The van der Waals surface area contributed by atoms with Crippen LogP contribution in [0.1, 0.15) is 12.8 Å². The first-order valence-corrected chi connectivity index (χ1v) is 8.75. The molecular weight excluding hydrogens is 338 g/mol. The summed E-state index contributed by atoms with van der Waals surface area (Å²) in [5.74, 6) is 1.56. The largest absolute Gasteiger partial charge is 0.493 e. The van der Waals surface area contributed by atoms with Crippen LogP contribution in [0.2, 0.25) is 0 Å². The third-order valence-corrected chi connectivity index (χ3v) is 4.99. The molecule has 1 aliphatic rings. The fraction of sp³-hybridized carbons (Fsp3) is 0.278. The van der Waals surface area contributed by atoms with Crippen LogP contribution in [0.4, 0.5) is 5.00 Å². The molecule has 128 valence electrons. The lowest BCUT2D eigenvalue weighted by molar-refractivity contribution is -0.117. The van der Waals surface area contributed by atoms with Gasteiger partial charge in [-0.15, -0.1) is 0 Å². The Bertz CT molecular complexity index is 950. The minimum Gasteiger partial charge on any atom is -0.493 e. The maximum absolute atomic E-state index is 11.9. The molecule has 3 aromatic rings. The number of benzene rings is 1. The van der Waals surface area contributed by atoms with Crippen LogP contribution in [0, 0.1) is 5.92 Å². The van der Waals surface area contributed by atoms with Crippen molar-refractivity contribution < 1.29 is 14.3 Å². The van der Waals surface area contributed by atoms with Gasteiger partial charge in [0.1, 0.15) is 16.0 Å². The van der Waals surface area contributed by atoms with E-state index in [1.165, 1.54) is 11.5 Å². The average Bonchev–Trinajstić information content (AvgIpc) is 3.43. The number of nitrogens with one attached hydrogen (secondary N) is 1. The second-order valence-electron chi connectivity index (χ2n) is 5.94. The van der Waals surface area contributed by atoms with Gasteiger partial charge in [-0.3, -0.25) is 9.78 Å². The van der Waals surface area contributed by atoms with Crippen molar-refractivity contribution in [2.75, 3.05) is 19.5 Å². The van der Waals surface area contributed by atoms with E-state index >= 15 is 0 Å². The highest BCUT2D eigenvalue weighted by Gasteiger charge is 2.30. The summed E-state index contributed by atoms with van der Waals surface area (Å²) in [6.45, 7) is 0. The van der Waals surface area contributed by atoms with Crippen molar-refractivity contribution in [1.29, 1.82) is 0 Å². The van der Waals surface area contributed by atoms with Crippen LogP contribution in [-0.4, -0.2) is 29.5 Å². The smallest absolute Gasteiger partial charge is 0.228 e. The molecule has 1 aromatic carbocycles. The van der Waals surface area contributed by atoms with Crippen molar-refractivity contribution in [2.24, 2.45) is 5.92 Å². The molecule has 0 saturated heterocycles. The first-order chi connectivity index (χ1) is 12.2. The number of nitrogens with zero attached hydrogens (tertiary/aromatic N) is 2. The molecular formula is C18H17N3O3S. The summed E-state index contributed by atoms with van der Waals surface area (Å²) in [7, 11) is 3.22. The number of anilines is 1. The Labute approximate surface area is 149 Å². The number of pyridine rings is 1. The van der Waals surface area contributed by atoms with Crippen molar-refractivity contribution in [2.45, 2.75) is 12.8 Å². The molecule has 4 rings (SSSR count). The zero-order valence-corrected chi connectivity index (χ0v) is 14.7. The monoisotopic (exact) mass is 355 g/mol. The van der Waals surface area contributed by atoms with E-state index in [0.717, 1.165) is 35.0 Å². The third-order valence-electron chi connectivity index (χ3n) is 4.22. The van der Waals surface area contributed by atoms with Crippen molar-refractivity contribution in [1.82, 2.24) is 9.36 Å². The van der Waals surface area contributed by atoms with Gasteiger partial charge in [0, 0.05) is 17.7 Å². The van der Waals surface area contributed by atoms with Gasteiger partial charge >= 0.3 is 0 Å². The van der Waals surface area contributed by atoms with E-state index in [0.29, 0.717) is 16.5 Å². The van der Waals surface area contributed by atoms with Crippen molar-refractivity contribution in [3.05, 3.63) is 30.5 Å². The molecule has 0 spiro atoms. The van der Waals surface area contributed by atoms with Crippen molar-refractivity contribution in [3.8, 4) is 22.6 Å². The zero-order valence-electron chi connectivity index (χ0n) is 13.9. The van der Waals surface area contributed by atoms with Gasteiger partial charge < -0.3 is 14.8 Å². The second-order valence-corrected chi connectivity index (χ2v) is 6.71. The van der Waals surface area contributed by atoms with E-state index in [4.69, 9.17) is 9.47 Å². The fourth-order valence-corrected chi connectivity index (χ4v) is 3.37. The number of rotatable bonds is 5. The summed E-state index contributed by atoms with van der Waals surface area (Å²) < 4.78 is 15.0. The number of fused-ring (bicyclic) bond motifs is 1. The van der Waals surface area contributed by atoms with Gasteiger partial charge in [0.15, 0.2) is 11.5 Å². The highest BCUT2D eigenvalue weighted by Crippen LogP contribution is 2.35. The Kier molecular flexibility index (Phi) is 4.01. The van der Waals surface area contributed by atoms with Gasteiger partial charge in [-0.2, -0.15) is 4.37 Å². The number of aromatic nitrogens is 2. The lowest BCUT2D eigenvalue weighted by atomic mass is 10.1. The maximum atomic E-state index is 11.9. The summed E-state index contributed by atoms with van der Waals surface area (Å²) in [6, 6.07) is 7.68. The average molecular weight is 355 g/mol. The molecule has 7 heteroatoms. The summed E-state index contributed by atoms with van der Waals surface area (Å²) in [6.07, 6.45) is 3.73. The number of carbonyl (C=O) groups excluding carboxylic acids is 1. The number of ether oxygens (including phenoxy) is 2. The molecule has 1 fully saturated rings. The molecule has 1 saturated carbocycles. The molecule has 1 amide bonds. The number of methoxy groups -OCH3 is 2. The minimum absolute atomic E-state index is 0.0660. The van der Waals surface area contributed by atoms with E-state index in [-0.39, 0.29) is 11.8 Å². The topological polar surface area (TPSA) is 73.3 Å². The lowest BCUT2D eigenvalue weighted by Crippen LogP contribution is -2.12. The van der Waals surface area contributed by atoms with Crippen LogP contribution in [-0.2, 0) is 4.79 Å². The SMILES string of the molecule is COc1ccc(-c2cnc3c(NC(=O)C4CC4)snc3c2)cc1OC. The Hall–Kier alpha value is -2.67. The molecule has 0 unspecified atom stereocenters. The van der Waals surface area contributed by atoms with Crippen LogP contribution in [0.25, 0.3) is 22.2 Å². The predicted molar refractivity (Wildman–Crippen MR) is 97.3 cm³/mol. The van der Waals surface area contributed by atoms with E-state index in [1.807, 2.05) is 24.3 Å². The molecule has 0 radical (unpaired) electrons. The van der Waals surface area contributed by atoms with Crippen LogP contribution in [0.5, 0.6) is 11.5 Å². The number of hydrogen-bond donors (Lipinski definition) is 1. The Morgan fingerprint density at radius 2 is 1.96 bits per heavy atom. The van der Waals surface area contributed by atoms with Crippen LogP contribution in [0.3, 0.4) is 0 Å². The van der Waals surface area contributed by atoms with Gasteiger partial charge in [-0.1, -0.05) is 6.07 Å². The number of hydrogen-bond acceptors (Lipinski definition) is 6. The van der Waals surface area contributed by atoms with Crippen LogP contribution < -0.4 is 14.8 Å². The molecule has 25 heavy (non-hydrogen) atoms. The van der Waals surface area contributed by atoms with E-state index in [2.05, 4.69) is 14.7 Å². The van der Waals surface area contributed by atoms with Crippen molar-refractivity contribution >= 4 is 33.5 Å². The van der Waals surface area contributed by atoms with E-state index < -0.39 is 0 Å². The fourth-order valence-electron chi connectivity index (χ4n) is 2.65. The normalized spacial score (nSPS) is 13.7. The molecule has 0 atom stereocenters. The first-order valence-electron chi connectivity index (χ1n) is 7.98. The Morgan fingerprint density at radius 1 is 1.16 bits per heavy atom. The third kappa shape index (κ3) is 3.02. The van der Waals surface area contributed by atoms with Crippen LogP contribution in [0.15, 0.2) is 30.5 Å². The lowest BCUT2D eigenvalue weighted by Gasteiger charge is -2.09. The number of amides is 1. The zero-order chi connectivity index (χ0) is 17.4. The predicted octanol–water partition coefficient (Wildman–Crippen LogP) is 3.72. The summed E-state index contributed by atoms with van der Waals surface area (Å²) >= 11 is 1.26. The molecule has 6 nitrogen and oxygen atoms in total. The molecule has 0 aliphatic heterocycles. The Morgan fingerprint density at radius 3 is 2.68 bits per heavy atom. The highest BCUT2D eigenvalue weighted by molar-refractivity contribution is 7.12. The van der Waals surface area contributed by atoms with Crippen molar-refractivity contribution in [3.63, 3.8) is 0 Å². The quantitative estimate of drug-likeness (QED) is 0.755. The summed E-state index contributed by atoms with van der Waals surface area (Å²) in [4.78, 5) is 16.5. The maximum Gasteiger partial charge on any atom is 0.228 e. The van der Waals surface area contributed by atoms with Crippen LogP contribution >= 0.6 is 11.5 Å². The van der Waals surface area contributed by atoms with E-state index in [9.17, 15) is 4.79 Å². The standard InChI is InChI=1S/C18H17N3O3S/c1-23-14-6-5-11(8-15(14)24-2)12-7-13-16(19-9-12)18(25-21-13)20-17(22)10-3-4-10/h5-10H,3-4H2,1-2H3,(H,20,22). The summed E-state index contributed by atoms with van der Waals surface area (Å²) in [5.41, 5.74) is 3.38. The summed E-state index contributed by atoms with van der Waals surface area (Å²) in [5, 5.41) is 3.65. The van der Waals surface area contributed by atoms with Gasteiger partial charge in [0.05, 0.1) is 14.2 Å². The Balaban J connectivity index is 1.66. The van der Waals surface area contributed by atoms with E-state index in [1.54, 1.807) is 20.4 Å². The van der Waals surface area contributed by atoms with Gasteiger partial charge in [-0.25, -0.2) is 0 Å². The van der Waals surface area contributed by atoms with Gasteiger partial charge in [0.25, 0.3) is 0 Å². The molecule has 0 bridgehead atoms. The second kappa shape index (κ2) is 6.33.